The second-order valence-corrected chi connectivity index (χ2v) is 6.51. The maximum Gasteiger partial charge on any atom is 0.126 e. The van der Waals surface area contributed by atoms with Gasteiger partial charge in [0, 0.05) is 11.3 Å². The second-order valence-electron chi connectivity index (χ2n) is 6.51. The van der Waals surface area contributed by atoms with Crippen LogP contribution >= 0.6 is 0 Å². The topological polar surface area (TPSA) is 26.3 Å². The molecule has 0 bridgehead atoms. The third-order valence-electron chi connectivity index (χ3n) is 5.34. The predicted molar refractivity (Wildman–Crippen MR) is 85.8 cm³/mol. The van der Waals surface area contributed by atoms with Crippen molar-refractivity contribution in [1.29, 1.82) is 0 Å². The highest BCUT2D eigenvalue weighted by Crippen LogP contribution is 2.57. The number of benzene rings is 2. The zero-order valence-electron chi connectivity index (χ0n) is 12.5. The van der Waals surface area contributed by atoms with Crippen LogP contribution in [0, 0.1) is 5.92 Å². The third kappa shape index (κ3) is 2.10. The standard InChI is InChI=1S/C20H20O2/c21-13-17-18(15-7-3-1-4-8-15)14-22-19(17)20(11-12-20)16-9-5-2-6-10-16/h1-10,13,17-19H,11-12,14H2/t17-,18+,19-/m0/s1. The highest BCUT2D eigenvalue weighted by molar-refractivity contribution is 5.59. The lowest BCUT2D eigenvalue weighted by Gasteiger charge is -2.27. The lowest BCUT2D eigenvalue weighted by Crippen LogP contribution is -2.33. The summed E-state index contributed by atoms with van der Waals surface area (Å²) in [6, 6.07) is 20.8. The molecular weight excluding hydrogens is 272 g/mol. The molecule has 0 aromatic heterocycles. The Hall–Kier alpha value is -1.93. The Morgan fingerprint density at radius 3 is 2.18 bits per heavy atom. The SMILES string of the molecule is O=C[C@H]1[C@@H](c2ccccc2)CO[C@@H]1C1(c2ccccc2)CC1. The number of hydrogen-bond donors (Lipinski definition) is 0. The van der Waals surface area contributed by atoms with Crippen molar-refractivity contribution in [1.82, 2.24) is 0 Å². The fourth-order valence-corrected chi connectivity index (χ4v) is 4.00. The van der Waals surface area contributed by atoms with Gasteiger partial charge in [-0.3, -0.25) is 0 Å². The van der Waals surface area contributed by atoms with Crippen LogP contribution in [0.25, 0.3) is 0 Å². The second kappa shape index (κ2) is 5.36. The average molecular weight is 292 g/mol. The Kier molecular flexibility index (Phi) is 3.34. The molecule has 0 unspecified atom stereocenters. The quantitative estimate of drug-likeness (QED) is 0.803. The molecule has 2 nitrogen and oxygen atoms in total. The first-order chi connectivity index (χ1) is 10.8. The Bertz CT molecular complexity index is 646. The van der Waals surface area contributed by atoms with Crippen molar-refractivity contribution < 1.29 is 9.53 Å². The molecule has 0 N–H and O–H groups in total. The monoisotopic (exact) mass is 292 g/mol. The summed E-state index contributed by atoms with van der Waals surface area (Å²) >= 11 is 0. The van der Waals surface area contributed by atoms with Crippen LogP contribution in [-0.4, -0.2) is 19.0 Å². The molecule has 2 aromatic rings. The number of ether oxygens (including phenoxy) is 1. The lowest BCUT2D eigenvalue weighted by atomic mass is 9.78. The van der Waals surface area contributed by atoms with E-state index in [4.69, 9.17) is 4.74 Å². The van der Waals surface area contributed by atoms with Crippen LogP contribution in [0.3, 0.4) is 0 Å². The zero-order valence-corrected chi connectivity index (χ0v) is 12.5. The minimum absolute atomic E-state index is 0.0117. The smallest absolute Gasteiger partial charge is 0.126 e. The molecule has 2 fully saturated rings. The molecule has 0 amide bonds. The maximum absolute atomic E-state index is 11.8. The van der Waals surface area contributed by atoms with Gasteiger partial charge in [-0.05, 0) is 24.0 Å². The van der Waals surface area contributed by atoms with Crippen LogP contribution < -0.4 is 0 Å². The van der Waals surface area contributed by atoms with Crippen molar-refractivity contribution in [3.63, 3.8) is 0 Å². The summed E-state index contributed by atoms with van der Waals surface area (Å²) in [6.45, 7) is 0.646. The van der Waals surface area contributed by atoms with Gasteiger partial charge in [-0.25, -0.2) is 0 Å². The molecule has 1 saturated heterocycles. The van der Waals surface area contributed by atoms with E-state index in [1.807, 2.05) is 24.3 Å². The zero-order chi connectivity index (χ0) is 15.0. The van der Waals surface area contributed by atoms with Crippen LogP contribution in [0.15, 0.2) is 60.7 Å². The number of hydrogen-bond acceptors (Lipinski definition) is 2. The maximum atomic E-state index is 11.8. The summed E-state index contributed by atoms with van der Waals surface area (Å²) in [5.41, 5.74) is 2.59. The fraction of sp³-hybridized carbons (Fsp3) is 0.350. The molecule has 0 spiro atoms. The van der Waals surface area contributed by atoms with Crippen molar-refractivity contribution in [2.75, 3.05) is 6.61 Å². The molecule has 4 rings (SSSR count). The van der Waals surface area contributed by atoms with Crippen molar-refractivity contribution in [2.24, 2.45) is 5.92 Å². The molecular formula is C20H20O2. The molecule has 2 heteroatoms. The van der Waals surface area contributed by atoms with E-state index in [2.05, 4.69) is 36.4 Å². The van der Waals surface area contributed by atoms with Crippen LogP contribution in [0.5, 0.6) is 0 Å². The number of rotatable bonds is 4. The van der Waals surface area contributed by atoms with Gasteiger partial charge in [-0.1, -0.05) is 60.7 Å². The summed E-state index contributed by atoms with van der Waals surface area (Å²) in [4.78, 5) is 11.8. The van der Waals surface area contributed by atoms with Gasteiger partial charge in [0.25, 0.3) is 0 Å². The first-order valence-electron chi connectivity index (χ1n) is 8.02. The van der Waals surface area contributed by atoms with E-state index in [1.165, 1.54) is 11.1 Å². The van der Waals surface area contributed by atoms with Gasteiger partial charge in [-0.15, -0.1) is 0 Å². The van der Waals surface area contributed by atoms with Crippen molar-refractivity contribution in [2.45, 2.75) is 30.3 Å². The van der Waals surface area contributed by atoms with Crippen LogP contribution in [0.4, 0.5) is 0 Å². The van der Waals surface area contributed by atoms with E-state index in [0.29, 0.717) is 6.61 Å². The summed E-state index contributed by atoms with van der Waals surface area (Å²) in [6.07, 6.45) is 3.37. The van der Waals surface area contributed by atoms with Crippen LogP contribution in [0.2, 0.25) is 0 Å². The Morgan fingerprint density at radius 1 is 0.955 bits per heavy atom. The van der Waals surface area contributed by atoms with Gasteiger partial charge in [0.05, 0.1) is 18.6 Å². The average Bonchev–Trinajstić information content (AvgIpc) is 3.29. The van der Waals surface area contributed by atoms with E-state index in [9.17, 15) is 4.79 Å². The first-order valence-corrected chi connectivity index (χ1v) is 8.02. The molecule has 112 valence electrons. The van der Waals surface area contributed by atoms with Gasteiger partial charge < -0.3 is 9.53 Å². The Morgan fingerprint density at radius 2 is 1.59 bits per heavy atom. The lowest BCUT2D eigenvalue weighted by molar-refractivity contribution is -0.113. The van der Waals surface area contributed by atoms with E-state index in [0.717, 1.165) is 19.1 Å². The molecule has 1 aliphatic heterocycles. The number of aldehydes is 1. The Labute approximate surface area is 131 Å². The summed E-state index contributed by atoms with van der Waals surface area (Å²) in [7, 11) is 0. The summed E-state index contributed by atoms with van der Waals surface area (Å²) in [5.74, 6) is 0.134. The number of carbonyl (C=O) groups excluding carboxylic acids is 1. The van der Waals surface area contributed by atoms with Crippen molar-refractivity contribution >= 4 is 6.29 Å². The van der Waals surface area contributed by atoms with Crippen molar-refractivity contribution in [3.8, 4) is 0 Å². The minimum Gasteiger partial charge on any atom is -0.376 e. The Balaban J connectivity index is 1.65. The van der Waals surface area contributed by atoms with Gasteiger partial charge in [0.2, 0.25) is 0 Å². The number of carbonyl (C=O) groups is 1. The van der Waals surface area contributed by atoms with Crippen LogP contribution in [0.1, 0.15) is 29.9 Å². The van der Waals surface area contributed by atoms with Crippen LogP contribution in [-0.2, 0) is 14.9 Å². The van der Waals surface area contributed by atoms with Gasteiger partial charge in [0.1, 0.15) is 6.29 Å². The van der Waals surface area contributed by atoms with Gasteiger partial charge in [0.15, 0.2) is 0 Å². The third-order valence-corrected chi connectivity index (χ3v) is 5.34. The molecule has 1 saturated carbocycles. The predicted octanol–water partition coefficient (Wildman–Crippen LogP) is 3.72. The highest BCUT2D eigenvalue weighted by atomic mass is 16.5. The summed E-state index contributed by atoms with van der Waals surface area (Å²) in [5, 5.41) is 0. The molecule has 2 aliphatic rings. The first kappa shape index (κ1) is 13.7. The highest BCUT2D eigenvalue weighted by Gasteiger charge is 2.57. The largest absolute Gasteiger partial charge is 0.376 e. The molecule has 3 atom stereocenters. The minimum atomic E-state index is -0.0508. The summed E-state index contributed by atoms with van der Waals surface area (Å²) < 4.78 is 6.17. The molecule has 22 heavy (non-hydrogen) atoms. The normalized spacial score (nSPS) is 29.2. The fourth-order valence-electron chi connectivity index (χ4n) is 4.00. The van der Waals surface area contributed by atoms with Crippen molar-refractivity contribution in [3.05, 3.63) is 71.8 Å². The van der Waals surface area contributed by atoms with Gasteiger partial charge in [-0.2, -0.15) is 0 Å². The van der Waals surface area contributed by atoms with E-state index >= 15 is 0 Å². The molecule has 0 radical (unpaired) electrons. The molecule has 2 aromatic carbocycles. The van der Waals surface area contributed by atoms with Gasteiger partial charge >= 0.3 is 0 Å². The molecule has 1 aliphatic carbocycles. The van der Waals surface area contributed by atoms with E-state index in [1.54, 1.807) is 0 Å². The van der Waals surface area contributed by atoms with E-state index < -0.39 is 0 Å². The molecule has 1 heterocycles. The van der Waals surface area contributed by atoms with E-state index in [-0.39, 0.29) is 23.4 Å².